The first-order valence-corrected chi connectivity index (χ1v) is 7.51. The van der Waals surface area contributed by atoms with Gasteiger partial charge in [-0.3, -0.25) is 14.2 Å². The van der Waals surface area contributed by atoms with Crippen LogP contribution in [0.4, 0.5) is 0 Å². The Morgan fingerprint density at radius 2 is 2.42 bits per heavy atom. The van der Waals surface area contributed by atoms with E-state index in [2.05, 4.69) is 10.3 Å². The number of nitrogens with zero attached hydrogens (tertiary/aromatic N) is 2. The van der Waals surface area contributed by atoms with E-state index in [9.17, 15) is 9.59 Å². The highest BCUT2D eigenvalue weighted by molar-refractivity contribution is 7.99. The van der Waals surface area contributed by atoms with E-state index in [4.69, 9.17) is 0 Å². The molecule has 2 rings (SSSR count). The summed E-state index contributed by atoms with van der Waals surface area (Å²) in [5.41, 5.74) is 0.593. The molecule has 0 fully saturated rings. The van der Waals surface area contributed by atoms with Crippen molar-refractivity contribution in [1.29, 1.82) is 0 Å². The maximum absolute atomic E-state index is 12.1. The van der Waals surface area contributed by atoms with Crippen LogP contribution in [0.2, 0.25) is 0 Å². The van der Waals surface area contributed by atoms with Gasteiger partial charge in [0.15, 0.2) is 5.16 Å². The molecule has 1 aromatic heterocycles. The van der Waals surface area contributed by atoms with Crippen LogP contribution in [-0.4, -0.2) is 27.3 Å². The standard InChI is InChI=1S/C13H19N3O2S/c1-4-9(3)15-11(17)5-10-7-19-13-14-6-8(2)12(18)16(10)13/h6,9-10H,4-5,7H2,1-3H3,(H,15,17). The molecule has 1 aliphatic heterocycles. The molecule has 0 bridgehead atoms. The lowest BCUT2D eigenvalue weighted by molar-refractivity contribution is -0.122. The molecule has 1 aromatic rings. The summed E-state index contributed by atoms with van der Waals surface area (Å²) >= 11 is 1.54. The van der Waals surface area contributed by atoms with E-state index in [0.717, 1.165) is 17.3 Å². The summed E-state index contributed by atoms with van der Waals surface area (Å²) in [5, 5.41) is 3.66. The van der Waals surface area contributed by atoms with Crippen molar-refractivity contribution in [2.24, 2.45) is 0 Å². The molecule has 1 N–H and O–H groups in total. The molecule has 2 atom stereocenters. The molecule has 19 heavy (non-hydrogen) atoms. The van der Waals surface area contributed by atoms with Gasteiger partial charge >= 0.3 is 0 Å². The van der Waals surface area contributed by atoms with E-state index in [0.29, 0.717) is 12.0 Å². The Morgan fingerprint density at radius 1 is 1.68 bits per heavy atom. The second-order valence-corrected chi connectivity index (χ2v) is 5.93. The number of amides is 1. The van der Waals surface area contributed by atoms with Gasteiger partial charge in [-0.2, -0.15) is 0 Å². The summed E-state index contributed by atoms with van der Waals surface area (Å²) in [5.74, 6) is 0.737. The first-order valence-electron chi connectivity index (χ1n) is 6.53. The van der Waals surface area contributed by atoms with Crippen molar-refractivity contribution < 1.29 is 4.79 Å². The number of nitrogens with one attached hydrogen (secondary N) is 1. The minimum Gasteiger partial charge on any atom is -0.354 e. The summed E-state index contributed by atoms with van der Waals surface area (Å²) < 4.78 is 1.66. The van der Waals surface area contributed by atoms with Gasteiger partial charge < -0.3 is 5.32 Å². The zero-order valence-electron chi connectivity index (χ0n) is 11.5. The Bertz CT molecular complexity index is 541. The molecule has 0 saturated carbocycles. The van der Waals surface area contributed by atoms with Gasteiger partial charge in [0.25, 0.3) is 5.56 Å². The van der Waals surface area contributed by atoms with E-state index in [1.807, 2.05) is 13.8 Å². The van der Waals surface area contributed by atoms with Gasteiger partial charge in [0.1, 0.15) is 0 Å². The molecule has 0 spiro atoms. The third-order valence-electron chi connectivity index (χ3n) is 3.34. The zero-order valence-corrected chi connectivity index (χ0v) is 12.3. The number of thioether (sulfide) groups is 1. The lowest BCUT2D eigenvalue weighted by Crippen LogP contribution is -2.35. The fourth-order valence-corrected chi connectivity index (χ4v) is 3.13. The molecule has 0 radical (unpaired) electrons. The molecule has 0 aliphatic carbocycles. The van der Waals surface area contributed by atoms with Crippen LogP contribution in [0.1, 0.15) is 38.3 Å². The Labute approximate surface area is 116 Å². The van der Waals surface area contributed by atoms with Gasteiger partial charge in [-0.15, -0.1) is 0 Å². The molecular formula is C13H19N3O2S. The molecule has 6 heteroatoms. The van der Waals surface area contributed by atoms with E-state index in [1.54, 1.807) is 17.7 Å². The molecular weight excluding hydrogens is 262 g/mol. The van der Waals surface area contributed by atoms with E-state index >= 15 is 0 Å². The number of carbonyl (C=O) groups is 1. The number of fused-ring (bicyclic) bond motifs is 1. The van der Waals surface area contributed by atoms with Crippen molar-refractivity contribution in [2.45, 2.75) is 50.9 Å². The third-order valence-corrected chi connectivity index (χ3v) is 4.45. The van der Waals surface area contributed by atoms with Crippen LogP contribution in [0, 0.1) is 6.92 Å². The molecule has 2 unspecified atom stereocenters. The number of aryl methyl sites for hydroxylation is 1. The van der Waals surface area contributed by atoms with Gasteiger partial charge in [-0.25, -0.2) is 4.98 Å². The molecule has 5 nitrogen and oxygen atoms in total. The average molecular weight is 281 g/mol. The SMILES string of the molecule is CCC(C)NC(=O)CC1CSc2ncc(C)c(=O)n21. The van der Waals surface area contributed by atoms with Gasteiger partial charge in [-0.05, 0) is 20.3 Å². The minimum absolute atomic E-state index is 0.00112. The molecule has 1 amide bonds. The maximum Gasteiger partial charge on any atom is 0.257 e. The van der Waals surface area contributed by atoms with Crippen LogP contribution in [-0.2, 0) is 4.79 Å². The minimum atomic E-state index is -0.0797. The van der Waals surface area contributed by atoms with Crippen molar-refractivity contribution in [3.05, 3.63) is 22.1 Å². The largest absolute Gasteiger partial charge is 0.354 e. The average Bonchev–Trinajstić information content (AvgIpc) is 2.77. The lowest BCUT2D eigenvalue weighted by Gasteiger charge is -2.16. The Morgan fingerprint density at radius 3 is 3.11 bits per heavy atom. The van der Waals surface area contributed by atoms with Crippen molar-refractivity contribution in [2.75, 3.05) is 5.75 Å². The second-order valence-electron chi connectivity index (χ2n) is 4.94. The number of hydrogen-bond donors (Lipinski definition) is 1. The van der Waals surface area contributed by atoms with Crippen LogP contribution >= 0.6 is 11.8 Å². The smallest absolute Gasteiger partial charge is 0.257 e. The highest BCUT2D eigenvalue weighted by Gasteiger charge is 2.27. The number of aromatic nitrogens is 2. The topological polar surface area (TPSA) is 64.0 Å². The van der Waals surface area contributed by atoms with E-state index in [-0.39, 0.29) is 23.6 Å². The van der Waals surface area contributed by atoms with Crippen molar-refractivity contribution >= 4 is 17.7 Å². The maximum atomic E-state index is 12.1. The lowest BCUT2D eigenvalue weighted by atomic mass is 10.2. The number of carbonyl (C=O) groups excluding carboxylic acids is 1. The molecule has 0 saturated heterocycles. The number of hydrogen-bond acceptors (Lipinski definition) is 4. The molecule has 2 heterocycles. The Kier molecular flexibility index (Phi) is 4.29. The highest BCUT2D eigenvalue weighted by Crippen LogP contribution is 2.31. The van der Waals surface area contributed by atoms with Gasteiger partial charge in [0.05, 0.1) is 6.04 Å². The second kappa shape index (κ2) is 5.77. The Balaban J connectivity index is 2.13. The summed E-state index contributed by atoms with van der Waals surface area (Å²) in [4.78, 5) is 28.3. The molecule has 1 aliphatic rings. The van der Waals surface area contributed by atoms with Gasteiger partial charge in [-0.1, -0.05) is 18.7 Å². The number of rotatable bonds is 4. The predicted molar refractivity (Wildman–Crippen MR) is 75.5 cm³/mol. The van der Waals surface area contributed by atoms with Gasteiger partial charge in [0, 0.05) is 30.0 Å². The summed E-state index contributed by atoms with van der Waals surface area (Å²) in [6.45, 7) is 5.76. The van der Waals surface area contributed by atoms with Crippen LogP contribution in [0.5, 0.6) is 0 Å². The van der Waals surface area contributed by atoms with Crippen LogP contribution in [0.3, 0.4) is 0 Å². The first kappa shape index (κ1) is 14.1. The first-order chi connectivity index (χ1) is 9.02. The molecule has 0 aromatic carbocycles. The van der Waals surface area contributed by atoms with Crippen LogP contribution in [0.15, 0.2) is 16.1 Å². The van der Waals surface area contributed by atoms with Crippen LogP contribution in [0.25, 0.3) is 0 Å². The summed E-state index contributed by atoms with van der Waals surface area (Å²) in [7, 11) is 0. The quantitative estimate of drug-likeness (QED) is 0.850. The zero-order chi connectivity index (χ0) is 14.0. The molecule has 104 valence electrons. The third kappa shape index (κ3) is 3.00. The van der Waals surface area contributed by atoms with Crippen molar-refractivity contribution in [3.63, 3.8) is 0 Å². The van der Waals surface area contributed by atoms with Crippen molar-refractivity contribution in [1.82, 2.24) is 14.9 Å². The Hall–Kier alpha value is -1.30. The normalized spacial score (nSPS) is 19.0. The van der Waals surface area contributed by atoms with Gasteiger partial charge in [0.2, 0.25) is 5.91 Å². The highest BCUT2D eigenvalue weighted by atomic mass is 32.2. The monoisotopic (exact) mass is 281 g/mol. The van der Waals surface area contributed by atoms with E-state index < -0.39 is 0 Å². The predicted octanol–water partition coefficient (Wildman–Crippen LogP) is 1.50. The van der Waals surface area contributed by atoms with Crippen molar-refractivity contribution in [3.8, 4) is 0 Å². The fourth-order valence-electron chi connectivity index (χ4n) is 2.02. The fraction of sp³-hybridized carbons (Fsp3) is 0.615. The summed E-state index contributed by atoms with van der Waals surface area (Å²) in [6.07, 6.45) is 2.85. The summed E-state index contributed by atoms with van der Waals surface area (Å²) in [6, 6.07) is 0.0948. The van der Waals surface area contributed by atoms with Crippen LogP contribution < -0.4 is 10.9 Å². The van der Waals surface area contributed by atoms with E-state index in [1.165, 1.54) is 11.8 Å².